The maximum Gasteiger partial charge on any atom is 0.253 e. The van der Waals surface area contributed by atoms with E-state index >= 15 is 0 Å². The minimum atomic E-state index is 0.0251. The van der Waals surface area contributed by atoms with Crippen molar-refractivity contribution in [2.75, 3.05) is 32.8 Å². The lowest BCUT2D eigenvalue weighted by molar-refractivity contribution is -0.113. The molecule has 7 nitrogen and oxygen atoms in total. The summed E-state index contributed by atoms with van der Waals surface area (Å²) in [7, 11) is 0. The van der Waals surface area contributed by atoms with Gasteiger partial charge in [-0.3, -0.25) is 9.69 Å². The largest absolute Gasteiger partial charge is 0.508 e. The number of carbonyl (C=O) groups excluding carboxylic acids is 1. The number of hydrogen-bond acceptors (Lipinski definition) is 6. The predicted octanol–water partition coefficient (Wildman–Crippen LogP) is 4.74. The summed E-state index contributed by atoms with van der Waals surface area (Å²) in [5, 5.41) is 20.2. The van der Waals surface area contributed by atoms with E-state index in [4.69, 9.17) is 9.47 Å². The number of rotatable bonds is 4. The topological polar surface area (TPSA) is 82.5 Å². The van der Waals surface area contributed by atoms with Crippen LogP contribution in [0.4, 0.5) is 0 Å². The van der Waals surface area contributed by atoms with Gasteiger partial charge < -0.3 is 24.6 Å². The molecule has 1 spiro atoms. The molecule has 192 valence electrons. The van der Waals surface area contributed by atoms with Gasteiger partial charge in [0.15, 0.2) is 11.5 Å². The maximum atomic E-state index is 13.4. The Labute approximate surface area is 216 Å². The molecular formula is C30H32N2O5. The Morgan fingerprint density at radius 3 is 2.41 bits per heavy atom. The van der Waals surface area contributed by atoms with Gasteiger partial charge in [-0.25, -0.2) is 0 Å². The minimum absolute atomic E-state index is 0.0251. The second-order valence-corrected chi connectivity index (χ2v) is 10.4. The molecule has 37 heavy (non-hydrogen) atoms. The number of phenolic OH excluding ortho intramolecular Hbond substituents is 2. The standard InChI is InChI=1S/C30H32N2O5/c33-24-9-6-21(7-10-24)28-30(20-32(28)19-23-4-1-2-5-25(23)34)12-14-31(15-13-30)29(35)22-8-11-26-27(18-22)37-17-3-16-36-26/h1-2,4-11,18,28,33-34H,3,12-17,19-20H2. The molecule has 0 aliphatic carbocycles. The van der Waals surface area contributed by atoms with E-state index in [1.807, 2.05) is 53.4 Å². The van der Waals surface area contributed by atoms with Crippen molar-refractivity contribution in [1.82, 2.24) is 9.80 Å². The number of nitrogens with zero attached hydrogens (tertiary/aromatic N) is 2. The molecular weight excluding hydrogens is 468 g/mol. The first-order valence-corrected chi connectivity index (χ1v) is 13.0. The van der Waals surface area contributed by atoms with Gasteiger partial charge >= 0.3 is 0 Å². The Kier molecular flexibility index (Phi) is 6.16. The summed E-state index contributed by atoms with van der Waals surface area (Å²) in [5.41, 5.74) is 2.73. The molecule has 1 unspecified atom stereocenters. The molecule has 3 aromatic rings. The van der Waals surface area contributed by atoms with Crippen molar-refractivity contribution < 1.29 is 24.5 Å². The Bertz CT molecular complexity index is 1280. The molecule has 0 radical (unpaired) electrons. The number of phenols is 2. The molecule has 6 rings (SSSR count). The molecule has 3 heterocycles. The van der Waals surface area contributed by atoms with E-state index in [2.05, 4.69) is 4.90 Å². The van der Waals surface area contributed by atoms with Crippen molar-refractivity contribution in [2.45, 2.75) is 31.8 Å². The predicted molar refractivity (Wildman–Crippen MR) is 139 cm³/mol. The number of likely N-dealkylation sites (tertiary alicyclic amines) is 2. The van der Waals surface area contributed by atoms with Crippen LogP contribution in [0.2, 0.25) is 0 Å². The zero-order valence-corrected chi connectivity index (χ0v) is 20.8. The summed E-state index contributed by atoms with van der Waals surface area (Å²) in [6.45, 7) is 4.14. The van der Waals surface area contributed by atoms with E-state index in [-0.39, 0.29) is 23.1 Å². The number of para-hydroxylation sites is 1. The van der Waals surface area contributed by atoms with Crippen LogP contribution in [0.3, 0.4) is 0 Å². The molecule has 3 aliphatic heterocycles. The van der Waals surface area contributed by atoms with Crippen LogP contribution in [0.1, 0.15) is 46.8 Å². The van der Waals surface area contributed by atoms with E-state index in [9.17, 15) is 15.0 Å². The molecule has 2 N–H and O–H groups in total. The monoisotopic (exact) mass is 500 g/mol. The van der Waals surface area contributed by atoms with Crippen LogP contribution < -0.4 is 9.47 Å². The average molecular weight is 501 g/mol. The number of hydrogen-bond donors (Lipinski definition) is 2. The van der Waals surface area contributed by atoms with Crippen molar-refractivity contribution in [3.8, 4) is 23.0 Å². The molecule has 1 atom stereocenters. The lowest BCUT2D eigenvalue weighted by atomic mass is 9.63. The normalized spacial score (nSPS) is 20.8. The van der Waals surface area contributed by atoms with E-state index in [1.165, 1.54) is 0 Å². The molecule has 3 aliphatic rings. The van der Waals surface area contributed by atoms with Gasteiger partial charge in [-0.05, 0) is 54.8 Å². The molecule has 1 amide bonds. The van der Waals surface area contributed by atoms with E-state index in [0.29, 0.717) is 55.7 Å². The van der Waals surface area contributed by atoms with Gasteiger partial charge in [0, 0.05) is 55.2 Å². The van der Waals surface area contributed by atoms with Crippen molar-refractivity contribution in [1.29, 1.82) is 0 Å². The van der Waals surface area contributed by atoms with E-state index < -0.39 is 0 Å². The summed E-state index contributed by atoms with van der Waals surface area (Å²) in [6.07, 6.45) is 2.62. The molecule has 7 heteroatoms. The number of carbonyl (C=O) groups is 1. The Morgan fingerprint density at radius 1 is 0.919 bits per heavy atom. The first-order chi connectivity index (χ1) is 18.0. The van der Waals surface area contributed by atoms with Gasteiger partial charge in [-0.15, -0.1) is 0 Å². The molecule has 2 saturated heterocycles. The van der Waals surface area contributed by atoms with Crippen LogP contribution in [0.15, 0.2) is 66.7 Å². The van der Waals surface area contributed by atoms with Crippen LogP contribution in [-0.2, 0) is 6.54 Å². The molecule has 3 aromatic carbocycles. The fraction of sp³-hybridized carbons (Fsp3) is 0.367. The zero-order valence-electron chi connectivity index (χ0n) is 20.8. The molecule has 0 aromatic heterocycles. The number of aromatic hydroxyl groups is 2. The zero-order chi connectivity index (χ0) is 25.4. The second-order valence-electron chi connectivity index (χ2n) is 10.4. The van der Waals surface area contributed by atoms with E-state index in [0.717, 1.165) is 36.9 Å². The third kappa shape index (κ3) is 4.48. The third-order valence-corrected chi connectivity index (χ3v) is 8.08. The lowest BCUT2D eigenvalue weighted by Crippen LogP contribution is -2.62. The highest BCUT2D eigenvalue weighted by molar-refractivity contribution is 5.95. The maximum absolute atomic E-state index is 13.4. The fourth-order valence-electron chi connectivity index (χ4n) is 6.15. The van der Waals surface area contributed by atoms with Gasteiger partial charge in [-0.2, -0.15) is 0 Å². The summed E-state index contributed by atoms with van der Waals surface area (Å²) < 4.78 is 11.5. The van der Waals surface area contributed by atoms with Gasteiger partial charge in [0.2, 0.25) is 0 Å². The van der Waals surface area contributed by atoms with Crippen molar-refractivity contribution in [3.63, 3.8) is 0 Å². The summed E-state index contributed by atoms with van der Waals surface area (Å²) >= 11 is 0. The first-order valence-electron chi connectivity index (χ1n) is 13.0. The highest BCUT2D eigenvalue weighted by atomic mass is 16.5. The number of ether oxygens (including phenoxy) is 2. The fourth-order valence-corrected chi connectivity index (χ4v) is 6.15. The summed E-state index contributed by atoms with van der Waals surface area (Å²) in [4.78, 5) is 17.7. The van der Waals surface area contributed by atoms with Gasteiger partial charge in [0.05, 0.1) is 13.2 Å². The summed E-state index contributed by atoms with van der Waals surface area (Å²) in [6, 6.07) is 20.6. The Morgan fingerprint density at radius 2 is 1.65 bits per heavy atom. The van der Waals surface area contributed by atoms with Gasteiger partial charge in [-0.1, -0.05) is 30.3 Å². The minimum Gasteiger partial charge on any atom is -0.508 e. The van der Waals surface area contributed by atoms with Crippen LogP contribution >= 0.6 is 0 Å². The first kappa shape index (κ1) is 23.7. The van der Waals surface area contributed by atoms with Crippen LogP contribution in [0.25, 0.3) is 0 Å². The number of piperidine rings is 1. The Balaban J connectivity index is 1.19. The van der Waals surface area contributed by atoms with Crippen LogP contribution in [0.5, 0.6) is 23.0 Å². The van der Waals surface area contributed by atoms with Crippen LogP contribution in [-0.4, -0.2) is 58.8 Å². The van der Waals surface area contributed by atoms with E-state index in [1.54, 1.807) is 18.2 Å². The van der Waals surface area contributed by atoms with Gasteiger partial charge in [0.1, 0.15) is 11.5 Å². The molecule has 0 saturated carbocycles. The average Bonchev–Trinajstić information content (AvgIpc) is 3.16. The smallest absolute Gasteiger partial charge is 0.253 e. The quantitative estimate of drug-likeness (QED) is 0.539. The number of benzene rings is 3. The van der Waals surface area contributed by atoms with Crippen molar-refractivity contribution >= 4 is 5.91 Å². The second kappa shape index (κ2) is 9.63. The van der Waals surface area contributed by atoms with Crippen molar-refractivity contribution in [3.05, 3.63) is 83.4 Å². The Hall–Kier alpha value is -3.71. The molecule has 2 fully saturated rings. The summed E-state index contributed by atoms with van der Waals surface area (Å²) in [5.74, 6) is 1.92. The van der Waals surface area contributed by atoms with Gasteiger partial charge in [0.25, 0.3) is 5.91 Å². The number of amides is 1. The number of fused-ring (bicyclic) bond motifs is 1. The highest BCUT2D eigenvalue weighted by Crippen LogP contribution is 2.56. The lowest BCUT2D eigenvalue weighted by Gasteiger charge is -2.61. The SMILES string of the molecule is O=C(c1ccc2c(c1)OCCCO2)N1CCC2(CC1)CN(Cc1ccccc1O)C2c1ccc(O)cc1. The highest BCUT2D eigenvalue weighted by Gasteiger charge is 2.54. The molecule has 0 bridgehead atoms. The van der Waals surface area contributed by atoms with Crippen molar-refractivity contribution in [2.24, 2.45) is 5.41 Å². The van der Waals surface area contributed by atoms with Crippen LogP contribution in [0, 0.1) is 5.41 Å². The third-order valence-electron chi connectivity index (χ3n) is 8.08.